The maximum Gasteiger partial charge on any atom is 0.305 e. The fraction of sp³-hybridized carbons (Fsp3) is 0.636. The fourth-order valence-corrected chi connectivity index (χ4v) is 4.62. The van der Waals surface area contributed by atoms with E-state index in [4.69, 9.17) is 9.47 Å². The first-order chi connectivity index (χ1) is 12.5. The van der Waals surface area contributed by atoms with Crippen LogP contribution in [0.2, 0.25) is 0 Å². The van der Waals surface area contributed by atoms with Crippen LogP contribution in [-0.4, -0.2) is 29.6 Å². The van der Waals surface area contributed by atoms with Crippen molar-refractivity contribution < 1.29 is 24.2 Å². The Hall–Kier alpha value is -2.04. The SMILES string of the molecule is COC(=O)CCC(C)(C)c1cc(O)c2c(c1)OC(C)(C)[C@@H]1CCC(=O)C[C@@H]21. The molecule has 5 heteroatoms. The lowest BCUT2D eigenvalue weighted by atomic mass is 9.66. The number of hydrogen-bond donors (Lipinski definition) is 1. The Bertz CT molecular complexity index is 762. The lowest BCUT2D eigenvalue weighted by molar-refractivity contribution is -0.141. The molecule has 0 saturated heterocycles. The molecule has 2 atom stereocenters. The molecule has 27 heavy (non-hydrogen) atoms. The van der Waals surface area contributed by atoms with E-state index in [1.54, 1.807) is 6.07 Å². The fourth-order valence-electron chi connectivity index (χ4n) is 4.62. The van der Waals surface area contributed by atoms with Crippen molar-refractivity contribution >= 4 is 11.8 Å². The molecule has 0 bridgehead atoms. The number of hydrogen-bond acceptors (Lipinski definition) is 5. The molecule has 1 aromatic rings. The highest BCUT2D eigenvalue weighted by Crippen LogP contribution is 2.54. The number of fused-ring (bicyclic) bond motifs is 3. The lowest BCUT2D eigenvalue weighted by Crippen LogP contribution is -2.47. The third kappa shape index (κ3) is 3.69. The van der Waals surface area contributed by atoms with E-state index >= 15 is 0 Å². The largest absolute Gasteiger partial charge is 0.508 e. The van der Waals surface area contributed by atoms with Crippen molar-refractivity contribution in [2.45, 2.75) is 76.7 Å². The van der Waals surface area contributed by atoms with Gasteiger partial charge in [-0.2, -0.15) is 0 Å². The molecule has 3 rings (SSSR count). The number of carbonyl (C=O) groups is 2. The monoisotopic (exact) mass is 374 g/mol. The number of phenolic OH excluding ortho intramolecular Hbond substituents is 1. The van der Waals surface area contributed by atoms with E-state index in [1.165, 1.54) is 7.11 Å². The van der Waals surface area contributed by atoms with Crippen LogP contribution < -0.4 is 4.74 Å². The van der Waals surface area contributed by atoms with Gasteiger partial charge in [-0.15, -0.1) is 0 Å². The standard InChI is InChI=1S/C22H30O5/c1-21(2,9-8-19(25)26-5)13-10-17(24)20-15-12-14(23)6-7-16(15)22(3,4)27-18(20)11-13/h10-11,15-16,24H,6-9,12H2,1-5H3/t15-,16-/m1/s1. The number of esters is 1. The molecule has 1 fully saturated rings. The summed E-state index contributed by atoms with van der Waals surface area (Å²) in [5.41, 5.74) is 0.964. The van der Waals surface area contributed by atoms with E-state index in [2.05, 4.69) is 13.8 Å². The zero-order chi connectivity index (χ0) is 20.0. The van der Waals surface area contributed by atoms with Gasteiger partial charge in [0.2, 0.25) is 0 Å². The smallest absolute Gasteiger partial charge is 0.305 e. The molecule has 0 radical (unpaired) electrons. The van der Waals surface area contributed by atoms with Crippen LogP contribution in [0.25, 0.3) is 0 Å². The van der Waals surface area contributed by atoms with Gasteiger partial charge >= 0.3 is 5.97 Å². The van der Waals surface area contributed by atoms with Gasteiger partial charge in [-0.05, 0) is 49.8 Å². The van der Waals surface area contributed by atoms with E-state index in [0.717, 1.165) is 17.5 Å². The van der Waals surface area contributed by atoms with Gasteiger partial charge in [0.15, 0.2) is 0 Å². The molecule has 1 heterocycles. The number of ether oxygens (including phenoxy) is 2. The first kappa shape index (κ1) is 19.7. The van der Waals surface area contributed by atoms with E-state index in [9.17, 15) is 14.7 Å². The number of phenols is 1. The molecule has 5 nitrogen and oxygen atoms in total. The first-order valence-corrected chi connectivity index (χ1v) is 9.70. The van der Waals surface area contributed by atoms with Crippen LogP contribution in [0.4, 0.5) is 0 Å². The van der Waals surface area contributed by atoms with Gasteiger partial charge in [0.1, 0.15) is 22.9 Å². The van der Waals surface area contributed by atoms with E-state index in [0.29, 0.717) is 31.4 Å². The van der Waals surface area contributed by atoms with Gasteiger partial charge in [-0.1, -0.05) is 13.8 Å². The van der Waals surface area contributed by atoms with Crippen LogP contribution in [0.3, 0.4) is 0 Å². The molecule has 2 aliphatic rings. The van der Waals surface area contributed by atoms with Crippen molar-refractivity contribution in [2.24, 2.45) is 5.92 Å². The van der Waals surface area contributed by atoms with E-state index in [-0.39, 0.29) is 40.4 Å². The number of Topliss-reactive ketones (excluding diaryl/α,β-unsaturated/α-hetero) is 1. The molecular weight excluding hydrogens is 344 g/mol. The average molecular weight is 374 g/mol. The minimum atomic E-state index is -0.389. The Morgan fingerprint density at radius 2 is 2.07 bits per heavy atom. The molecule has 0 aromatic heterocycles. The molecule has 1 aromatic carbocycles. The number of aromatic hydroxyl groups is 1. The Morgan fingerprint density at radius 1 is 1.37 bits per heavy atom. The molecule has 0 spiro atoms. The maximum atomic E-state index is 12.1. The van der Waals surface area contributed by atoms with Crippen LogP contribution in [0.1, 0.15) is 76.8 Å². The van der Waals surface area contributed by atoms with Gasteiger partial charge < -0.3 is 14.6 Å². The second-order valence-corrected chi connectivity index (χ2v) is 9.07. The van der Waals surface area contributed by atoms with E-state index < -0.39 is 0 Å². The summed E-state index contributed by atoms with van der Waals surface area (Å²) in [6.45, 7) is 8.21. The molecule has 0 unspecified atom stereocenters. The van der Waals surface area contributed by atoms with Gasteiger partial charge in [-0.25, -0.2) is 0 Å². The molecular formula is C22H30O5. The Labute approximate surface area is 161 Å². The predicted molar refractivity (Wildman–Crippen MR) is 102 cm³/mol. The summed E-state index contributed by atoms with van der Waals surface area (Å²) in [4.78, 5) is 23.6. The third-order valence-corrected chi connectivity index (χ3v) is 6.39. The van der Waals surface area contributed by atoms with Crippen molar-refractivity contribution in [1.82, 2.24) is 0 Å². The number of benzene rings is 1. The number of carbonyl (C=O) groups excluding carboxylic acids is 2. The molecule has 1 aliphatic carbocycles. The number of methoxy groups -OCH3 is 1. The zero-order valence-electron chi connectivity index (χ0n) is 16.9. The van der Waals surface area contributed by atoms with Crippen molar-refractivity contribution in [1.29, 1.82) is 0 Å². The lowest BCUT2D eigenvalue weighted by Gasteiger charge is -2.47. The summed E-state index contributed by atoms with van der Waals surface area (Å²) in [6, 6.07) is 3.75. The van der Waals surface area contributed by atoms with Crippen molar-refractivity contribution in [3.05, 3.63) is 23.3 Å². The highest BCUT2D eigenvalue weighted by molar-refractivity contribution is 5.81. The van der Waals surface area contributed by atoms with Gasteiger partial charge in [0.05, 0.1) is 7.11 Å². The molecule has 148 valence electrons. The summed E-state index contributed by atoms with van der Waals surface area (Å²) < 4.78 is 11.1. The van der Waals surface area contributed by atoms with Crippen LogP contribution in [0.15, 0.2) is 12.1 Å². The van der Waals surface area contributed by atoms with Crippen LogP contribution >= 0.6 is 0 Å². The van der Waals surface area contributed by atoms with Crippen molar-refractivity contribution in [3.63, 3.8) is 0 Å². The molecule has 1 aliphatic heterocycles. The van der Waals surface area contributed by atoms with Crippen molar-refractivity contribution in [2.75, 3.05) is 7.11 Å². The molecule has 1 N–H and O–H groups in total. The molecule has 1 saturated carbocycles. The van der Waals surface area contributed by atoms with Gasteiger partial charge in [0, 0.05) is 36.7 Å². The van der Waals surface area contributed by atoms with Crippen LogP contribution in [-0.2, 0) is 19.7 Å². The maximum absolute atomic E-state index is 12.1. The predicted octanol–water partition coefficient (Wildman–Crippen LogP) is 4.25. The summed E-state index contributed by atoms with van der Waals surface area (Å²) >= 11 is 0. The summed E-state index contributed by atoms with van der Waals surface area (Å²) in [6.07, 6.45) is 2.76. The normalized spacial score (nSPS) is 23.8. The second kappa shape index (κ2) is 6.84. The summed E-state index contributed by atoms with van der Waals surface area (Å²) in [5, 5.41) is 10.8. The highest BCUT2D eigenvalue weighted by Gasteiger charge is 2.47. The minimum absolute atomic E-state index is 0.00256. The Balaban J connectivity index is 1.98. The highest BCUT2D eigenvalue weighted by atomic mass is 16.5. The van der Waals surface area contributed by atoms with Gasteiger partial charge in [0.25, 0.3) is 0 Å². The number of ketones is 1. The Kier molecular flexibility index (Phi) is 5.00. The second-order valence-electron chi connectivity index (χ2n) is 9.07. The van der Waals surface area contributed by atoms with Crippen LogP contribution in [0, 0.1) is 5.92 Å². The van der Waals surface area contributed by atoms with E-state index in [1.807, 2.05) is 19.9 Å². The van der Waals surface area contributed by atoms with Crippen molar-refractivity contribution in [3.8, 4) is 11.5 Å². The van der Waals surface area contributed by atoms with Crippen LogP contribution in [0.5, 0.6) is 11.5 Å². The zero-order valence-corrected chi connectivity index (χ0v) is 16.9. The van der Waals surface area contributed by atoms with Gasteiger partial charge in [-0.3, -0.25) is 9.59 Å². The molecule has 0 amide bonds. The summed E-state index contributed by atoms with van der Waals surface area (Å²) in [7, 11) is 1.39. The number of rotatable bonds is 4. The first-order valence-electron chi connectivity index (χ1n) is 9.70. The Morgan fingerprint density at radius 3 is 2.74 bits per heavy atom. The topological polar surface area (TPSA) is 72.8 Å². The minimum Gasteiger partial charge on any atom is -0.508 e. The quantitative estimate of drug-likeness (QED) is 0.798. The summed E-state index contributed by atoms with van der Waals surface area (Å²) in [5.74, 6) is 1.07. The third-order valence-electron chi connectivity index (χ3n) is 6.39. The average Bonchev–Trinajstić information content (AvgIpc) is 2.58.